The lowest BCUT2D eigenvalue weighted by Crippen LogP contribution is -2.09. The molecule has 3 heteroatoms. The SMILES string of the molecule is OC(CCCc1cc(Cl)ccc1F)C1CC1. The van der Waals surface area contributed by atoms with E-state index in [2.05, 4.69) is 0 Å². The smallest absolute Gasteiger partial charge is 0.126 e. The van der Waals surface area contributed by atoms with Crippen LogP contribution in [0.15, 0.2) is 18.2 Å². The van der Waals surface area contributed by atoms with Crippen LogP contribution in [-0.2, 0) is 6.42 Å². The first-order chi connectivity index (χ1) is 7.66. The Balaban J connectivity index is 1.81. The second-order valence-corrected chi connectivity index (χ2v) is 4.97. The molecule has 0 saturated heterocycles. The highest BCUT2D eigenvalue weighted by atomic mass is 35.5. The van der Waals surface area contributed by atoms with Gasteiger partial charge in [0.25, 0.3) is 0 Å². The molecule has 1 unspecified atom stereocenters. The molecule has 88 valence electrons. The quantitative estimate of drug-likeness (QED) is 0.837. The Hall–Kier alpha value is -0.600. The van der Waals surface area contributed by atoms with E-state index >= 15 is 0 Å². The maximum Gasteiger partial charge on any atom is 0.126 e. The van der Waals surface area contributed by atoms with Gasteiger partial charge in [0.1, 0.15) is 5.82 Å². The molecule has 1 aliphatic carbocycles. The molecule has 16 heavy (non-hydrogen) atoms. The van der Waals surface area contributed by atoms with Gasteiger partial charge in [-0.25, -0.2) is 4.39 Å². The van der Waals surface area contributed by atoms with Gasteiger partial charge in [-0.05, 0) is 61.8 Å². The highest BCUT2D eigenvalue weighted by Crippen LogP contribution is 2.34. The summed E-state index contributed by atoms with van der Waals surface area (Å²) in [5.41, 5.74) is 0.649. The summed E-state index contributed by atoms with van der Waals surface area (Å²) in [6.45, 7) is 0. The van der Waals surface area contributed by atoms with Crippen LogP contribution in [0.4, 0.5) is 4.39 Å². The summed E-state index contributed by atoms with van der Waals surface area (Å²) in [5, 5.41) is 10.2. The van der Waals surface area contributed by atoms with Crippen LogP contribution in [0.5, 0.6) is 0 Å². The molecular formula is C13H16ClFO. The zero-order valence-electron chi connectivity index (χ0n) is 9.13. The number of benzene rings is 1. The van der Waals surface area contributed by atoms with E-state index in [4.69, 9.17) is 11.6 Å². The molecule has 1 aromatic rings. The third-order valence-corrected chi connectivity index (χ3v) is 3.36. The maximum atomic E-state index is 13.3. The molecule has 0 aromatic heterocycles. The summed E-state index contributed by atoms with van der Waals surface area (Å²) >= 11 is 5.80. The second kappa shape index (κ2) is 5.15. The van der Waals surface area contributed by atoms with Crippen LogP contribution in [0.2, 0.25) is 5.02 Å². The Morgan fingerprint density at radius 2 is 2.19 bits per heavy atom. The molecule has 0 spiro atoms. The van der Waals surface area contributed by atoms with Crippen molar-refractivity contribution in [2.24, 2.45) is 5.92 Å². The Bertz CT molecular complexity index is 363. The predicted octanol–water partition coefficient (Wildman–Crippen LogP) is 3.57. The Labute approximate surface area is 100 Å². The lowest BCUT2D eigenvalue weighted by Gasteiger charge is -2.09. The summed E-state index contributed by atoms with van der Waals surface area (Å²) in [5.74, 6) is 0.300. The molecule has 1 atom stereocenters. The van der Waals surface area contributed by atoms with Crippen molar-refractivity contribution in [3.63, 3.8) is 0 Å². The maximum absolute atomic E-state index is 13.3. The fourth-order valence-electron chi connectivity index (χ4n) is 1.95. The van der Waals surface area contributed by atoms with E-state index in [0.717, 1.165) is 25.7 Å². The van der Waals surface area contributed by atoms with Crippen LogP contribution >= 0.6 is 11.6 Å². The van der Waals surface area contributed by atoms with Crippen LogP contribution in [0.3, 0.4) is 0 Å². The summed E-state index contributed by atoms with van der Waals surface area (Å²) < 4.78 is 13.3. The largest absolute Gasteiger partial charge is 0.393 e. The lowest BCUT2D eigenvalue weighted by atomic mass is 10.0. The monoisotopic (exact) mass is 242 g/mol. The molecule has 0 radical (unpaired) electrons. The number of halogens is 2. The fraction of sp³-hybridized carbons (Fsp3) is 0.538. The van der Waals surface area contributed by atoms with Gasteiger partial charge in [0.2, 0.25) is 0 Å². The molecule has 2 rings (SSSR count). The number of hydrogen-bond acceptors (Lipinski definition) is 1. The first kappa shape index (κ1) is 11.9. The van der Waals surface area contributed by atoms with Crippen molar-refractivity contribution in [2.75, 3.05) is 0 Å². The molecule has 1 saturated carbocycles. The summed E-state index contributed by atoms with van der Waals surface area (Å²) in [6.07, 6.45) is 4.32. The lowest BCUT2D eigenvalue weighted by molar-refractivity contribution is 0.139. The van der Waals surface area contributed by atoms with Crippen LogP contribution < -0.4 is 0 Å². The Morgan fingerprint density at radius 3 is 2.88 bits per heavy atom. The average Bonchev–Trinajstić information content (AvgIpc) is 3.06. The van der Waals surface area contributed by atoms with Crippen LogP contribution in [0, 0.1) is 11.7 Å². The van der Waals surface area contributed by atoms with Crippen molar-refractivity contribution in [3.05, 3.63) is 34.6 Å². The molecule has 0 amide bonds. The average molecular weight is 243 g/mol. The second-order valence-electron chi connectivity index (χ2n) is 4.53. The number of hydrogen-bond donors (Lipinski definition) is 1. The van der Waals surface area contributed by atoms with E-state index in [-0.39, 0.29) is 11.9 Å². The molecule has 1 aromatic carbocycles. The summed E-state index contributed by atoms with van der Waals surface area (Å²) in [6, 6.07) is 4.62. The zero-order valence-corrected chi connectivity index (χ0v) is 9.88. The Morgan fingerprint density at radius 1 is 1.44 bits per heavy atom. The van der Waals surface area contributed by atoms with Crippen molar-refractivity contribution in [3.8, 4) is 0 Å². The first-order valence-corrected chi connectivity index (χ1v) is 6.16. The van der Waals surface area contributed by atoms with Gasteiger partial charge < -0.3 is 5.11 Å². The normalized spacial score (nSPS) is 17.4. The van der Waals surface area contributed by atoms with Gasteiger partial charge in [0, 0.05) is 5.02 Å². The van der Waals surface area contributed by atoms with E-state index < -0.39 is 0 Å². The molecule has 1 N–H and O–H groups in total. The number of rotatable bonds is 5. The summed E-state index contributed by atoms with van der Waals surface area (Å²) in [7, 11) is 0. The van der Waals surface area contributed by atoms with Crippen molar-refractivity contribution >= 4 is 11.6 Å². The number of aryl methyl sites for hydroxylation is 1. The van der Waals surface area contributed by atoms with Gasteiger partial charge in [-0.2, -0.15) is 0 Å². The molecule has 0 bridgehead atoms. The van der Waals surface area contributed by atoms with Crippen LogP contribution in [-0.4, -0.2) is 11.2 Å². The number of aliphatic hydroxyl groups excluding tert-OH is 1. The van der Waals surface area contributed by atoms with Gasteiger partial charge in [-0.15, -0.1) is 0 Å². The van der Waals surface area contributed by atoms with Crippen LogP contribution in [0.1, 0.15) is 31.2 Å². The van der Waals surface area contributed by atoms with E-state index in [1.807, 2.05) is 0 Å². The molecular weight excluding hydrogens is 227 g/mol. The molecule has 0 heterocycles. The van der Waals surface area contributed by atoms with Gasteiger partial charge >= 0.3 is 0 Å². The highest BCUT2D eigenvalue weighted by Gasteiger charge is 2.28. The molecule has 1 aliphatic rings. The minimum atomic E-state index is -0.203. The number of aliphatic hydroxyl groups is 1. The third-order valence-electron chi connectivity index (χ3n) is 3.12. The minimum Gasteiger partial charge on any atom is -0.393 e. The van der Waals surface area contributed by atoms with E-state index in [1.165, 1.54) is 6.07 Å². The van der Waals surface area contributed by atoms with Crippen molar-refractivity contribution in [2.45, 2.75) is 38.2 Å². The predicted molar refractivity (Wildman–Crippen MR) is 63.1 cm³/mol. The topological polar surface area (TPSA) is 20.2 Å². The van der Waals surface area contributed by atoms with Gasteiger partial charge in [0.05, 0.1) is 6.10 Å². The fourth-order valence-corrected chi connectivity index (χ4v) is 2.15. The van der Waals surface area contributed by atoms with Crippen molar-refractivity contribution < 1.29 is 9.50 Å². The van der Waals surface area contributed by atoms with Crippen molar-refractivity contribution in [1.29, 1.82) is 0 Å². The first-order valence-electron chi connectivity index (χ1n) is 5.79. The standard InChI is InChI=1S/C13H16ClFO/c14-11-6-7-12(15)10(8-11)2-1-3-13(16)9-4-5-9/h6-9,13,16H,1-5H2. The highest BCUT2D eigenvalue weighted by molar-refractivity contribution is 6.30. The van der Waals surface area contributed by atoms with Crippen LogP contribution in [0.25, 0.3) is 0 Å². The van der Waals surface area contributed by atoms with E-state index in [1.54, 1.807) is 12.1 Å². The minimum absolute atomic E-state index is 0.192. The van der Waals surface area contributed by atoms with Gasteiger partial charge in [-0.3, -0.25) is 0 Å². The van der Waals surface area contributed by atoms with E-state index in [0.29, 0.717) is 22.9 Å². The summed E-state index contributed by atoms with van der Waals surface area (Å²) in [4.78, 5) is 0. The molecule has 0 aliphatic heterocycles. The Kier molecular flexibility index (Phi) is 3.82. The van der Waals surface area contributed by atoms with Gasteiger partial charge in [-0.1, -0.05) is 11.6 Å². The van der Waals surface area contributed by atoms with Gasteiger partial charge in [0.15, 0.2) is 0 Å². The molecule has 1 fully saturated rings. The third kappa shape index (κ3) is 3.19. The zero-order chi connectivity index (χ0) is 11.5. The molecule has 1 nitrogen and oxygen atoms in total. The van der Waals surface area contributed by atoms with E-state index in [9.17, 15) is 9.50 Å². The van der Waals surface area contributed by atoms with Crippen molar-refractivity contribution in [1.82, 2.24) is 0 Å².